The molecule has 26 heteroatoms. The molecule has 1 saturated heterocycles. The summed E-state index contributed by atoms with van der Waals surface area (Å²) in [7, 11) is -5.15. The number of likely N-dealkylation sites (tertiary alicyclic amines) is 1. The van der Waals surface area contributed by atoms with Gasteiger partial charge in [0.1, 0.15) is 30.2 Å². The number of unbranched alkanes of at least 4 members (excludes halogenated alkanes) is 6. The third-order valence-electron chi connectivity index (χ3n) is 13.7. The highest BCUT2D eigenvalue weighted by Gasteiger charge is 2.38. The first-order chi connectivity index (χ1) is 37.6. The number of hydrogen-bond donors (Lipinski definition) is 11. The van der Waals surface area contributed by atoms with Crippen LogP contribution in [0.2, 0.25) is 0 Å². The Kier molecular flexibility index (Phi) is 29.8. The molecule has 2 heterocycles. The van der Waals surface area contributed by atoms with Crippen LogP contribution < -0.4 is 38.1 Å². The third-order valence-corrected chi connectivity index (χ3v) is 14.7. The highest BCUT2D eigenvalue weighted by molar-refractivity contribution is 7.80. The lowest BCUT2D eigenvalue weighted by molar-refractivity contribution is -0.141. The molecule has 1 aromatic carbocycles. The highest BCUT2D eigenvalue weighted by atomic mass is 32.1. The number of phosphoric acid groups is 1. The second-order valence-corrected chi connectivity index (χ2v) is 23.7. The van der Waals surface area contributed by atoms with Gasteiger partial charge in [-0.15, -0.1) is 0 Å². The maximum Gasteiger partial charge on any atom is 0.469 e. The summed E-state index contributed by atoms with van der Waals surface area (Å²) in [4.78, 5) is 119. The van der Waals surface area contributed by atoms with E-state index in [1.54, 1.807) is 12.5 Å². The molecule has 0 saturated carbocycles. The van der Waals surface area contributed by atoms with Crippen molar-refractivity contribution < 1.29 is 67.0 Å². The Morgan fingerprint density at radius 2 is 1.44 bits per heavy atom. The zero-order valence-corrected chi connectivity index (χ0v) is 49.5. The quantitative estimate of drug-likeness (QED) is 0.0259. The van der Waals surface area contributed by atoms with Gasteiger partial charge in [0.25, 0.3) is 0 Å². The van der Waals surface area contributed by atoms with Crippen molar-refractivity contribution in [1.29, 1.82) is 0 Å². The zero-order valence-electron chi connectivity index (χ0n) is 47.7. The molecule has 0 spiro atoms. The van der Waals surface area contributed by atoms with E-state index in [9.17, 15) is 53.0 Å². The minimum atomic E-state index is -5.15. The van der Waals surface area contributed by atoms with Gasteiger partial charge in [-0.25, -0.2) is 9.55 Å². The van der Waals surface area contributed by atoms with Crippen molar-refractivity contribution in [2.75, 3.05) is 38.7 Å². The predicted octanol–water partition coefficient (Wildman–Crippen LogP) is 2.09. The number of benzene rings is 1. The fraction of sp³-hybridized carbons (Fsp3) is 0.704. The van der Waals surface area contributed by atoms with E-state index in [1.807, 2.05) is 52.2 Å². The van der Waals surface area contributed by atoms with Crippen molar-refractivity contribution in [3.63, 3.8) is 0 Å². The normalized spacial score (nSPS) is 16.3. The number of primary amides is 1. The molecule has 452 valence electrons. The van der Waals surface area contributed by atoms with Gasteiger partial charge in [0, 0.05) is 43.7 Å². The first-order valence-electron chi connectivity index (χ1n) is 27.8. The van der Waals surface area contributed by atoms with Gasteiger partial charge < -0.3 is 71.9 Å². The van der Waals surface area contributed by atoms with Crippen LogP contribution in [0.1, 0.15) is 137 Å². The first kappa shape index (κ1) is 69.3. The number of amides is 7. The summed E-state index contributed by atoms with van der Waals surface area (Å²) in [5, 5.41) is 23.2. The standard InChI is InChI=1S/C54H91N10O14PS/c1-36(2)29-41(60-52(72)44-22-18-26-64(44)45(66)23-27-76-53(4,5)24-28-77-54(6,7)34-58-48(68)40(55)33-80)49(69)59-42(50(70)61-43(32-65)51(71)62-46(47(56)67)37(3)78-79(73,74)75)30-39-31-57-35-63(39)25-17-12-10-8-9-11-14-19-38-20-15-13-16-21-38/h13,15-16,20-21,31,35-37,40-44,46,65,80H,8-12,14,17-19,22-30,32-34,55H2,1-7H3,(H2,56,67)(H,58,68)(H,59,69)(H,60,72)(H,61,70)(H,62,71)(H2,73,74,75)/t37-,40+,41?,42+,43+,44+,46+/m1/s1. The van der Waals surface area contributed by atoms with Crippen LogP contribution in [0, 0.1) is 5.92 Å². The number of aryl methyl sites for hydroxylation is 2. The minimum absolute atomic E-state index is 0.0217. The van der Waals surface area contributed by atoms with Gasteiger partial charge in [-0.2, -0.15) is 12.6 Å². The summed E-state index contributed by atoms with van der Waals surface area (Å²) in [6, 6.07) is 2.58. The van der Waals surface area contributed by atoms with Crippen molar-refractivity contribution in [1.82, 2.24) is 41.0 Å². The lowest BCUT2D eigenvalue weighted by atomic mass is 10.0. The molecule has 1 aromatic heterocycles. The number of hydrogen-bond acceptors (Lipinski definition) is 15. The molecule has 1 fully saturated rings. The second-order valence-electron chi connectivity index (χ2n) is 22.1. The Labute approximate surface area is 476 Å². The van der Waals surface area contributed by atoms with Gasteiger partial charge in [0.15, 0.2) is 0 Å². The number of nitrogens with two attached hydrogens (primary N) is 2. The summed E-state index contributed by atoms with van der Waals surface area (Å²) >= 11 is 4.06. The Bertz CT molecular complexity index is 2320. The van der Waals surface area contributed by atoms with E-state index in [1.165, 1.54) is 10.5 Å². The number of rotatable bonds is 39. The van der Waals surface area contributed by atoms with Gasteiger partial charge in [0.05, 0.1) is 55.9 Å². The van der Waals surface area contributed by atoms with E-state index < -0.39 is 97.5 Å². The van der Waals surface area contributed by atoms with Crippen LogP contribution in [0.5, 0.6) is 0 Å². The van der Waals surface area contributed by atoms with E-state index in [0.717, 1.165) is 58.3 Å². The molecule has 1 aliphatic rings. The fourth-order valence-electron chi connectivity index (χ4n) is 9.04. The number of aliphatic hydroxyl groups is 1. The SMILES string of the molecule is CC(C)CC(NC(=O)[C@@H]1CCCN1C(=O)CCOC(C)(C)CCOC(C)(C)CNC(=O)[C@@H](N)CS)C(=O)N[C@@H](Cc1cncn1CCCCCCCCCc1ccccc1)C(=O)N[C@@H](CO)C(=O)N[C@H](C(N)=O)[C@@H](C)OP(=O)(O)O. The molecular formula is C54H91N10O14PS. The van der Waals surface area contributed by atoms with Crippen LogP contribution in [0.15, 0.2) is 42.9 Å². The van der Waals surface area contributed by atoms with Gasteiger partial charge >= 0.3 is 7.82 Å². The van der Waals surface area contributed by atoms with E-state index in [-0.39, 0.29) is 55.9 Å². The smallest absolute Gasteiger partial charge is 0.394 e. The largest absolute Gasteiger partial charge is 0.469 e. The molecule has 24 nitrogen and oxygen atoms in total. The first-order valence-corrected chi connectivity index (χ1v) is 29.9. The molecule has 0 bridgehead atoms. The zero-order chi connectivity index (χ0) is 59.6. The molecular weight excluding hydrogens is 1080 g/mol. The number of carbonyl (C=O) groups excluding carboxylic acids is 7. The van der Waals surface area contributed by atoms with Crippen molar-refractivity contribution in [3.8, 4) is 0 Å². The monoisotopic (exact) mass is 1170 g/mol. The van der Waals surface area contributed by atoms with Gasteiger partial charge in [-0.05, 0) is 91.0 Å². The van der Waals surface area contributed by atoms with Gasteiger partial charge in [0.2, 0.25) is 41.4 Å². The molecule has 7 amide bonds. The predicted molar refractivity (Wildman–Crippen MR) is 303 cm³/mol. The summed E-state index contributed by atoms with van der Waals surface area (Å²) in [5.41, 5.74) is 11.7. The lowest BCUT2D eigenvalue weighted by Crippen LogP contribution is -2.61. The minimum Gasteiger partial charge on any atom is -0.394 e. The van der Waals surface area contributed by atoms with Gasteiger partial charge in [-0.1, -0.05) is 76.3 Å². The number of aliphatic hydroxyl groups excluding tert-OH is 1. The summed E-state index contributed by atoms with van der Waals surface area (Å²) in [6.07, 6.45) is 11.1. The number of nitrogens with zero attached hydrogens (tertiary/aromatic N) is 3. The number of thiol groups is 1. The Morgan fingerprint density at radius 1 is 0.825 bits per heavy atom. The fourth-order valence-corrected chi connectivity index (χ4v) is 9.77. The summed E-state index contributed by atoms with van der Waals surface area (Å²) in [5.74, 6) is -5.21. The van der Waals surface area contributed by atoms with E-state index in [0.29, 0.717) is 44.7 Å². The number of aromatic nitrogens is 2. The van der Waals surface area contributed by atoms with Crippen LogP contribution in [0.3, 0.4) is 0 Å². The Morgan fingerprint density at radius 3 is 2.06 bits per heavy atom. The molecule has 80 heavy (non-hydrogen) atoms. The van der Waals surface area contributed by atoms with Crippen LogP contribution in [-0.2, 0) is 71.5 Å². The van der Waals surface area contributed by atoms with Crippen molar-refractivity contribution in [3.05, 3.63) is 54.1 Å². The third kappa shape index (κ3) is 25.9. The average Bonchev–Trinajstić information content (AvgIpc) is 4.07. The van der Waals surface area contributed by atoms with E-state index in [2.05, 4.69) is 73.0 Å². The van der Waals surface area contributed by atoms with Crippen LogP contribution in [-0.4, -0.2) is 163 Å². The number of carbonyl (C=O) groups is 7. The van der Waals surface area contributed by atoms with Crippen molar-refractivity contribution in [2.24, 2.45) is 17.4 Å². The maximum atomic E-state index is 14.4. The number of imidazole rings is 1. The van der Waals surface area contributed by atoms with E-state index >= 15 is 0 Å². The number of phosphoric ester groups is 1. The van der Waals surface area contributed by atoms with Crippen LogP contribution in [0.25, 0.3) is 0 Å². The molecule has 1 aliphatic heterocycles. The lowest BCUT2D eigenvalue weighted by Gasteiger charge is -2.31. The summed E-state index contributed by atoms with van der Waals surface area (Å²) < 4.78 is 30.1. The second kappa shape index (κ2) is 34.5. The molecule has 2 aromatic rings. The number of nitrogens with one attached hydrogen (secondary N) is 5. The Hall–Kier alpha value is -4.98. The van der Waals surface area contributed by atoms with Crippen molar-refractivity contribution in [2.45, 2.75) is 198 Å². The van der Waals surface area contributed by atoms with Crippen LogP contribution >= 0.6 is 20.5 Å². The van der Waals surface area contributed by atoms with Gasteiger partial charge in [-0.3, -0.25) is 38.1 Å². The average molecular weight is 1170 g/mol. The molecule has 0 radical (unpaired) electrons. The number of ether oxygens (including phenoxy) is 2. The van der Waals surface area contributed by atoms with Crippen molar-refractivity contribution >= 4 is 61.8 Å². The Balaban J connectivity index is 1.71. The molecule has 1 unspecified atom stereocenters. The highest BCUT2D eigenvalue weighted by Crippen LogP contribution is 2.38. The molecule has 0 aliphatic carbocycles. The maximum absolute atomic E-state index is 14.4. The topological polar surface area (TPSA) is 358 Å². The molecule has 7 atom stereocenters. The summed E-state index contributed by atoms with van der Waals surface area (Å²) in [6.45, 7) is 12.6. The van der Waals surface area contributed by atoms with Crippen LogP contribution in [0.4, 0.5) is 0 Å². The van der Waals surface area contributed by atoms with E-state index in [4.69, 9.17) is 20.9 Å². The molecule has 3 rings (SSSR count). The molecule has 12 N–H and O–H groups in total.